The van der Waals surface area contributed by atoms with Crippen LogP contribution in [0.2, 0.25) is 0 Å². The minimum Gasteiger partial charge on any atom is -0.344 e. The molecule has 0 radical (unpaired) electrons. The molecule has 136 valence electrons. The van der Waals surface area contributed by atoms with Gasteiger partial charge in [0.1, 0.15) is 5.82 Å². The number of carbonyl (C=O) groups excluding carboxylic acids is 3. The second kappa shape index (κ2) is 9.31. The Hall–Kier alpha value is -3.22. The number of anilines is 2. The largest absolute Gasteiger partial charge is 0.344 e. The van der Waals surface area contributed by atoms with Gasteiger partial charge in [-0.3, -0.25) is 14.4 Å². The normalized spacial score (nSPS) is 10.1. The second-order valence-corrected chi connectivity index (χ2v) is 5.64. The van der Waals surface area contributed by atoms with E-state index >= 15 is 0 Å². The van der Waals surface area contributed by atoms with Gasteiger partial charge in [0.05, 0.1) is 0 Å². The average Bonchev–Trinajstić information content (AvgIpc) is 2.61. The molecule has 2 aromatic carbocycles. The lowest BCUT2D eigenvalue weighted by atomic mass is 10.2. The lowest BCUT2D eigenvalue weighted by molar-refractivity contribution is -0.136. The molecule has 6 nitrogen and oxygen atoms in total. The zero-order chi connectivity index (χ0) is 18.9. The van der Waals surface area contributed by atoms with Crippen molar-refractivity contribution >= 4 is 29.1 Å². The van der Waals surface area contributed by atoms with E-state index in [1.54, 1.807) is 24.3 Å². The smallest absolute Gasteiger partial charge is 0.313 e. The fraction of sp³-hybridized carbons (Fsp3) is 0.211. The van der Waals surface area contributed by atoms with Gasteiger partial charge in [-0.2, -0.15) is 0 Å². The maximum atomic E-state index is 12.8. The monoisotopic (exact) mass is 357 g/mol. The lowest BCUT2D eigenvalue weighted by Gasteiger charge is -2.09. The number of nitrogens with one attached hydrogen (secondary N) is 3. The number of benzene rings is 2. The van der Waals surface area contributed by atoms with Gasteiger partial charge in [-0.15, -0.1) is 0 Å². The standard InChI is InChI=1S/C19H20FN3O3/c1-2-4-17(24)22-15-5-3-6-16(11-15)23-19(26)18(25)21-12-13-7-9-14(20)10-8-13/h3,5-11H,2,4,12H2,1H3,(H,21,25)(H,22,24)(H,23,26). The molecule has 3 amide bonds. The molecule has 0 bridgehead atoms. The van der Waals surface area contributed by atoms with Crippen molar-refractivity contribution in [1.29, 1.82) is 0 Å². The van der Waals surface area contributed by atoms with Gasteiger partial charge in [0.15, 0.2) is 0 Å². The molecule has 0 aromatic heterocycles. The first kappa shape index (κ1) is 19.1. The van der Waals surface area contributed by atoms with E-state index in [9.17, 15) is 18.8 Å². The van der Waals surface area contributed by atoms with Crippen LogP contribution in [0.1, 0.15) is 25.3 Å². The van der Waals surface area contributed by atoms with Crippen LogP contribution in [0.3, 0.4) is 0 Å². The molecule has 2 aromatic rings. The van der Waals surface area contributed by atoms with Crippen molar-refractivity contribution in [3.63, 3.8) is 0 Å². The van der Waals surface area contributed by atoms with E-state index in [-0.39, 0.29) is 18.3 Å². The Balaban J connectivity index is 1.88. The molecule has 0 heterocycles. The third kappa shape index (κ3) is 6.01. The maximum Gasteiger partial charge on any atom is 0.313 e. The molecule has 0 unspecified atom stereocenters. The van der Waals surface area contributed by atoms with Crippen LogP contribution in [0.4, 0.5) is 15.8 Å². The summed E-state index contributed by atoms with van der Waals surface area (Å²) >= 11 is 0. The van der Waals surface area contributed by atoms with E-state index in [1.165, 1.54) is 24.3 Å². The Morgan fingerprint density at radius 1 is 0.923 bits per heavy atom. The summed E-state index contributed by atoms with van der Waals surface area (Å²) in [6.45, 7) is 2.01. The first-order valence-corrected chi connectivity index (χ1v) is 8.21. The molecule has 0 saturated heterocycles. The highest BCUT2D eigenvalue weighted by Gasteiger charge is 2.13. The molecule has 0 fully saturated rings. The summed E-state index contributed by atoms with van der Waals surface area (Å²) in [6.07, 6.45) is 1.14. The quantitative estimate of drug-likeness (QED) is 0.695. The Kier molecular flexibility index (Phi) is 6.84. The van der Waals surface area contributed by atoms with Crippen LogP contribution in [-0.2, 0) is 20.9 Å². The minimum atomic E-state index is -0.829. The van der Waals surface area contributed by atoms with Crippen LogP contribution >= 0.6 is 0 Å². The van der Waals surface area contributed by atoms with Gasteiger partial charge in [-0.05, 0) is 42.3 Å². The van der Waals surface area contributed by atoms with E-state index in [2.05, 4.69) is 16.0 Å². The van der Waals surface area contributed by atoms with Gasteiger partial charge in [0, 0.05) is 24.3 Å². The molecular weight excluding hydrogens is 337 g/mol. The molecule has 3 N–H and O–H groups in total. The maximum absolute atomic E-state index is 12.8. The summed E-state index contributed by atoms with van der Waals surface area (Å²) < 4.78 is 12.8. The Bertz CT molecular complexity index is 791. The molecule has 0 atom stereocenters. The van der Waals surface area contributed by atoms with Crippen LogP contribution in [0.15, 0.2) is 48.5 Å². The number of hydrogen-bond donors (Lipinski definition) is 3. The molecule has 26 heavy (non-hydrogen) atoms. The van der Waals surface area contributed by atoms with Crippen molar-refractivity contribution in [2.24, 2.45) is 0 Å². The third-order valence-corrected chi connectivity index (χ3v) is 3.45. The zero-order valence-corrected chi connectivity index (χ0v) is 14.3. The number of amides is 3. The number of carbonyl (C=O) groups is 3. The summed E-state index contributed by atoms with van der Waals surface area (Å²) in [5.41, 5.74) is 1.60. The van der Waals surface area contributed by atoms with E-state index in [0.29, 0.717) is 23.4 Å². The molecule has 2 rings (SSSR count). The molecule has 7 heteroatoms. The van der Waals surface area contributed by atoms with Crippen molar-refractivity contribution in [1.82, 2.24) is 5.32 Å². The molecule has 0 aliphatic rings. The highest BCUT2D eigenvalue weighted by atomic mass is 19.1. The van der Waals surface area contributed by atoms with Crippen LogP contribution < -0.4 is 16.0 Å². The Morgan fingerprint density at radius 3 is 2.23 bits per heavy atom. The minimum absolute atomic E-state index is 0.111. The topological polar surface area (TPSA) is 87.3 Å². The summed E-state index contributed by atoms with van der Waals surface area (Å²) in [6, 6.07) is 12.1. The molecule has 0 aliphatic heterocycles. The summed E-state index contributed by atoms with van der Waals surface area (Å²) in [5.74, 6) is -2.13. The van der Waals surface area contributed by atoms with Crippen LogP contribution in [0.25, 0.3) is 0 Å². The van der Waals surface area contributed by atoms with E-state index < -0.39 is 11.8 Å². The Labute approximate surface area is 150 Å². The van der Waals surface area contributed by atoms with E-state index in [0.717, 1.165) is 6.42 Å². The molecule has 0 aliphatic carbocycles. The van der Waals surface area contributed by atoms with Gasteiger partial charge >= 0.3 is 11.8 Å². The second-order valence-electron chi connectivity index (χ2n) is 5.64. The highest BCUT2D eigenvalue weighted by molar-refractivity contribution is 6.39. The zero-order valence-electron chi connectivity index (χ0n) is 14.3. The summed E-state index contributed by atoms with van der Waals surface area (Å²) in [7, 11) is 0. The lowest BCUT2D eigenvalue weighted by Crippen LogP contribution is -2.34. The molecule has 0 spiro atoms. The van der Waals surface area contributed by atoms with Gasteiger partial charge in [-0.25, -0.2) is 4.39 Å². The Morgan fingerprint density at radius 2 is 1.58 bits per heavy atom. The predicted octanol–water partition coefficient (Wildman–Crippen LogP) is 2.82. The summed E-state index contributed by atoms with van der Waals surface area (Å²) in [5, 5.41) is 7.64. The van der Waals surface area contributed by atoms with Gasteiger partial charge in [0.2, 0.25) is 5.91 Å². The van der Waals surface area contributed by atoms with Gasteiger partial charge in [0.25, 0.3) is 0 Å². The van der Waals surface area contributed by atoms with Gasteiger partial charge in [-0.1, -0.05) is 25.1 Å². The van der Waals surface area contributed by atoms with Crippen molar-refractivity contribution in [3.05, 3.63) is 59.9 Å². The van der Waals surface area contributed by atoms with Crippen LogP contribution in [0, 0.1) is 5.82 Å². The molecular formula is C19H20FN3O3. The number of rotatable bonds is 6. The highest BCUT2D eigenvalue weighted by Crippen LogP contribution is 2.15. The van der Waals surface area contributed by atoms with E-state index in [4.69, 9.17) is 0 Å². The van der Waals surface area contributed by atoms with E-state index in [1.807, 2.05) is 6.92 Å². The fourth-order valence-electron chi connectivity index (χ4n) is 2.18. The van der Waals surface area contributed by atoms with Crippen molar-refractivity contribution in [2.75, 3.05) is 10.6 Å². The molecule has 0 saturated carbocycles. The first-order valence-electron chi connectivity index (χ1n) is 8.21. The third-order valence-electron chi connectivity index (χ3n) is 3.45. The number of hydrogen-bond acceptors (Lipinski definition) is 3. The van der Waals surface area contributed by atoms with Crippen molar-refractivity contribution in [3.8, 4) is 0 Å². The van der Waals surface area contributed by atoms with Crippen molar-refractivity contribution < 1.29 is 18.8 Å². The van der Waals surface area contributed by atoms with Gasteiger partial charge < -0.3 is 16.0 Å². The SMILES string of the molecule is CCCC(=O)Nc1cccc(NC(=O)C(=O)NCc2ccc(F)cc2)c1. The fourth-order valence-corrected chi connectivity index (χ4v) is 2.18. The predicted molar refractivity (Wildman–Crippen MR) is 96.9 cm³/mol. The van der Waals surface area contributed by atoms with Crippen LogP contribution in [-0.4, -0.2) is 17.7 Å². The number of halogens is 1. The summed E-state index contributed by atoms with van der Waals surface area (Å²) in [4.78, 5) is 35.4. The average molecular weight is 357 g/mol. The van der Waals surface area contributed by atoms with Crippen LogP contribution in [0.5, 0.6) is 0 Å². The van der Waals surface area contributed by atoms with Crippen molar-refractivity contribution in [2.45, 2.75) is 26.3 Å². The first-order chi connectivity index (χ1) is 12.5.